The minimum atomic E-state index is -0.867. The van der Waals surface area contributed by atoms with Crippen LogP contribution in [0.15, 0.2) is 87.1 Å². The number of thioether (sulfide) groups is 1. The fourth-order valence-electron chi connectivity index (χ4n) is 5.62. The van der Waals surface area contributed by atoms with E-state index in [1.54, 1.807) is 15.4 Å². The van der Waals surface area contributed by atoms with Gasteiger partial charge in [0.05, 0.1) is 16.5 Å². The van der Waals surface area contributed by atoms with Gasteiger partial charge in [0.2, 0.25) is 12.2 Å². The van der Waals surface area contributed by atoms with Crippen molar-refractivity contribution in [3.05, 3.63) is 121 Å². The van der Waals surface area contributed by atoms with Crippen molar-refractivity contribution in [3.63, 3.8) is 0 Å². The number of hydrogen-bond acceptors (Lipinski definition) is 4. The summed E-state index contributed by atoms with van der Waals surface area (Å²) in [5, 5.41) is 0. The minimum Gasteiger partial charge on any atom is -0.267 e. The summed E-state index contributed by atoms with van der Waals surface area (Å²) in [4.78, 5) is 15.4. The molecule has 0 saturated carbocycles. The van der Waals surface area contributed by atoms with Crippen LogP contribution in [-0.4, -0.2) is 4.57 Å². The molecule has 5 heterocycles. The summed E-state index contributed by atoms with van der Waals surface area (Å²) < 4.78 is 42.6. The number of aromatic nitrogens is 3. The number of nitrogens with zero attached hydrogens (tertiary/aromatic N) is 3. The second-order valence-electron chi connectivity index (χ2n) is 10.3. The summed E-state index contributed by atoms with van der Waals surface area (Å²) in [6.45, 7) is 2.81. The van der Waals surface area contributed by atoms with Crippen LogP contribution in [0.1, 0.15) is 36.8 Å². The van der Waals surface area contributed by atoms with Crippen molar-refractivity contribution in [2.75, 3.05) is 0 Å². The number of hydrogen-bond donors (Lipinski definition) is 0. The Labute approximate surface area is 243 Å². The van der Waals surface area contributed by atoms with Gasteiger partial charge in [-0.1, -0.05) is 43.0 Å². The normalized spacial score (nSPS) is 17.6. The van der Waals surface area contributed by atoms with Crippen LogP contribution in [0, 0.1) is 17.6 Å². The molecule has 2 aliphatic rings. The van der Waals surface area contributed by atoms with Crippen molar-refractivity contribution in [1.29, 1.82) is 0 Å². The summed E-state index contributed by atoms with van der Waals surface area (Å²) >= 11 is 2.62. The first-order chi connectivity index (χ1) is 20.0. The fraction of sp³-hybridized carbons (Fsp3) is 0.219. The molecule has 5 nitrogen and oxygen atoms in total. The molecule has 1 unspecified atom stereocenters. The SMILES string of the molecule is CCC1CCc2ccc(F)c(F)c2SC1=c1sc2n(c1=O)C[n+]1oc(cc1-c1ccccc1)C[n+]1ccccc1C=2. The number of benzene rings is 2. The third-order valence-electron chi connectivity index (χ3n) is 7.81. The lowest BCUT2D eigenvalue weighted by molar-refractivity contribution is -0.861. The van der Waals surface area contributed by atoms with Crippen molar-refractivity contribution in [1.82, 2.24) is 4.57 Å². The predicted octanol–water partition coefficient (Wildman–Crippen LogP) is 4.59. The zero-order valence-corrected chi connectivity index (χ0v) is 24.0. The van der Waals surface area contributed by atoms with Gasteiger partial charge in [-0.25, -0.2) is 17.9 Å². The Morgan fingerprint density at radius 2 is 1.90 bits per heavy atom. The van der Waals surface area contributed by atoms with E-state index in [0.29, 0.717) is 17.5 Å². The Hall–Kier alpha value is -3.82. The van der Waals surface area contributed by atoms with Crippen LogP contribution in [0.25, 0.3) is 22.2 Å². The highest BCUT2D eigenvalue weighted by Gasteiger charge is 2.30. The Bertz CT molecular complexity index is 1980. The van der Waals surface area contributed by atoms with E-state index in [2.05, 4.69) is 11.5 Å². The van der Waals surface area contributed by atoms with Crippen LogP contribution in [0.2, 0.25) is 0 Å². The number of thiazole rings is 1. The fourth-order valence-corrected chi connectivity index (χ4v) is 8.32. The molecule has 0 saturated heterocycles. The van der Waals surface area contributed by atoms with Gasteiger partial charge in [0.15, 0.2) is 17.8 Å². The zero-order valence-electron chi connectivity index (χ0n) is 22.3. The Morgan fingerprint density at radius 3 is 2.73 bits per heavy atom. The van der Waals surface area contributed by atoms with Gasteiger partial charge in [-0.3, -0.25) is 4.79 Å². The molecule has 1 atom stereocenters. The largest absolute Gasteiger partial charge is 0.276 e. The molecule has 0 N–H and O–H groups in total. The summed E-state index contributed by atoms with van der Waals surface area (Å²) in [7, 11) is 0. The van der Waals surface area contributed by atoms with Gasteiger partial charge in [-0.15, -0.1) is 11.3 Å². The van der Waals surface area contributed by atoms with E-state index in [0.717, 1.165) is 50.7 Å². The molecule has 0 spiro atoms. The first-order valence-electron chi connectivity index (χ1n) is 13.7. The van der Waals surface area contributed by atoms with E-state index >= 15 is 4.39 Å². The molecule has 206 valence electrons. The molecule has 9 heteroatoms. The molecular weight excluding hydrogens is 561 g/mol. The quantitative estimate of drug-likeness (QED) is 0.279. The molecular formula is C32H27F2N3O2S2+2. The Balaban J connectivity index is 1.50. The summed E-state index contributed by atoms with van der Waals surface area (Å²) in [6.07, 6.45) is 6.22. The second kappa shape index (κ2) is 10.5. The van der Waals surface area contributed by atoms with Crippen molar-refractivity contribution >= 4 is 34.1 Å². The van der Waals surface area contributed by atoms with E-state index < -0.39 is 11.6 Å². The number of rotatable bonds is 2. The molecule has 2 aliphatic heterocycles. The monoisotopic (exact) mass is 587 g/mol. The van der Waals surface area contributed by atoms with Gasteiger partial charge >= 0.3 is 0 Å². The lowest BCUT2D eigenvalue weighted by atomic mass is 9.97. The van der Waals surface area contributed by atoms with E-state index in [-0.39, 0.29) is 23.0 Å². The molecule has 41 heavy (non-hydrogen) atoms. The molecule has 5 aromatic rings. The maximum absolute atomic E-state index is 15.1. The summed E-state index contributed by atoms with van der Waals surface area (Å²) in [6, 6.07) is 20.8. The topological polar surface area (TPSA) is 42.9 Å². The Morgan fingerprint density at radius 1 is 1.07 bits per heavy atom. The molecule has 0 radical (unpaired) electrons. The minimum absolute atomic E-state index is 0.0580. The zero-order chi connectivity index (χ0) is 28.1. The standard InChI is InChI=1S/C32H27F2N3O2S2/c1-2-20-11-12-22-13-14-25(33)28(34)29(22)41-30(20)31-32(38)36-19-37-26(21-8-4-3-5-9-21)17-24(39-37)18-35-15-7-6-10-23(35)16-27(36)40-31/h3-10,13-17,20H,2,11-12,18-19H2,1H3/q+2. The average molecular weight is 588 g/mol. The summed E-state index contributed by atoms with van der Waals surface area (Å²) in [5.74, 6) is -0.875. The van der Waals surface area contributed by atoms with E-state index in [1.165, 1.54) is 29.2 Å². The highest BCUT2D eigenvalue weighted by molar-refractivity contribution is 8.08. The molecule has 3 aromatic heterocycles. The van der Waals surface area contributed by atoms with Gasteiger partial charge in [-0.05, 0) is 55.0 Å². The first-order valence-corrected chi connectivity index (χ1v) is 15.3. The molecule has 2 aromatic carbocycles. The highest BCUT2D eigenvalue weighted by atomic mass is 32.2. The lowest BCUT2D eigenvalue weighted by Gasteiger charge is -2.13. The van der Waals surface area contributed by atoms with Crippen molar-refractivity contribution in [2.45, 2.75) is 44.3 Å². The van der Waals surface area contributed by atoms with Gasteiger partial charge in [0.25, 0.3) is 23.7 Å². The first kappa shape index (κ1) is 26.1. The average Bonchev–Trinajstić information content (AvgIpc) is 3.45. The molecule has 7 rings (SSSR count). The summed E-state index contributed by atoms with van der Waals surface area (Å²) in [5.41, 5.74) is 3.43. The Kier molecular flexibility index (Phi) is 6.71. The second-order valence-corrected chi connectivity index (χ2v) is 12.4. The number of aryl methyl sites for hydroxylation is 1. The smallest absolute Gasteiger partial charge is 0.267 e. The lowest BCUT2D eigenvalue weighted by Crippen LogP contribution is -2.47. The molecule has 0 amide bonds. The van der Waals surface area contributed by atoms with Crippen LogP contribution < -0.4 is 24.1 Å². The van der Waals surface area contributed by atoms with Crippen LogP contribution >= 0.6 is 23.1 Å². The van der Waals surface area contributed by atoms with Gasteiger partial charge in [0.1, 0.15) is 9.20 Å². The van der Waals surface area contributed by atoms with Crippen LogP contribution in [0.3, 0.4) is 0 Å². The van der Waals surface area contributed by atoms with Crippen LogP contribution in [0.4, 0.5) is 8.78 Å². The van der Waals surface area contributed by atoms with Crippen LogP contribution in [0.5, 0.6) is 0 Å². The number of halogens is 2. The van der Waals surface area contributed by atoms with Crippen molar-refractivity contribution < 1.29 is 22.6 Å². The van der Waals surface area contributed by atoms with Crippen molar-refractivity contribution in [2.24, 2.45) is 5.92 Å². The molecule has 0 fully saturated rings. The van der Waals surface area contributed by atoms with Gasteiger partial charge < -0.3 is 0 Å². The third kappa shape index (κ3) is 4.67. The predicted molar refractivity (Wildman–Crippen MR) is 155 cm³/mol. The maximum atomic E-state index is 15.1. The van der Waals surface area contributed by atoms with Gasteiger partial charge in [0, 0.05) is 27.9 Å². The van der Waals surface area contributed by atoms with E-state index in [4.69, 9.17) is 4.52 Å². The van der Waals surface area contributed by atoms with E-state index in [1.807, 2.05) is 66.9 Å². The molecule has 0 aliphatic carbocycles. The molecule has 2 bridgehead atoms. The number of fused-ring (bicyclic) bond motifs is 5. The van der Waals surface area contributed by atoms with Crippen molar-refractivity contribution in [3.8, 4) is 11.3 Å². The maximum Gasteiger partial charge on any atom is 0.276 e. The highest BCUT2D eigenvalue weighted by Crippen LogP contribution is 2.43. The third-order valence-corrected chi connectivity index (χ3v) is 10.5. The van der Waals surface area contributed by atoms with E-state index in [9.17, 15) is 9.18 Å². The van der Waals surface area contributed by atoms with Crippen LogP contribution in [-0.2, 0) is 19.6 Å². The number of pyridine rings is 1. The van der Waals surface area contributed by atoms with Gasteiger partial charge in [-0.2, -0.15) is 4.57 Å².